The summed E-state index contributed by atoms with van der Waals surface area (Å²) >= 11 is 0. The molecule has 6 nitrogen and oxygen atoms in total. The van der Waals surface area contributed by atoms with E-state index in [0.717, 1.165) is 22.4 Å². The van der Waals surface area contributed by atoms with Gasteiger partial charge in [0.15, 0.2) is 11.1 Å². The van der Waals surface area contributed by atoms with Gasteiger partial charge in [-0.05, 0) is 51.5 Å². The van der Waals surface area contributed by atoms with E-state index in [1.165, 1.54) is 0 Å². The van der Waals surface area contributed by atoms with Crippen LogP contribution in [0.3, 0.4) is 0 Å². The Balaban J connectivity index is 1.87. The van der Waals surface area contributed by atoms with Crippen LogP contribution in [-0.4, -0.2) is 17.9 Å². The van der Waals surface area contributed by atoms with Crippen LogP contribution in [0.4, 0.5) is 5.69 Å². The van der Waals surface area contributed by atoms with Gasteiger partial charge in [-0.25, -0.2) is 4.98 Å². The van der Waals surface area contributed by atoms with Crippen molar-refractivity contribution in [2.45, 2.75) is 33.7 Å². The second-order valence-corrected chi connectivity index (χ2v) is 8.28. The molecule has 4 rings (SSSR count). The van der Waals surface area contributed by atoms with Gasteiger partial charge in [-0.2, -0.15) is 0 Å². The fourth-order valence-electron chi connectivity index (χ4n) is 4.03. The molecule has 2 heterocycles. The van der Waals surface area contributed by atoms with Crippen LogP contribution in [0.5, 0.6) is 0 Å². The van der Waals surface area contributed by atoms with Gasteiger partial charge in [-0.3, -0.25) is 9.59 Å². The second kappa shape index (κ2) is 8.90. The number of aryl methyl sites for hydroxylation is 2. The van der Waals surface area contributed by atoms with E-state index >= 15 is 0 Å². The molecular weight excluding hydrogens is 414 g/mol. The maximum atomic E-state index is 13.3. The lowest BCUT2D eigenvalue weighted by Gasteiger charge is -2.20. The zero-order valence-corrected chi connectivity index (χ0v) is 19.4. The van der Waals surface area contributed by atoms with Crippen LogP contribution >= 0.6 is 0 Å². The Hall–Kier alpha value is -3.93. The van der Waals surface area contributed by atoms with Gasteiger partial charge in [-0.1, -0.05) is 36.4 Å². The summed E-state index contributed by atoms with van der Waals surface area (Å²) in [5.74, 6) is 0.296. The van der Waals surface area contributed by atoms with Crippen LogP contribution in [0.25, 0.3) is 22.3 Å². The summed E-state index contributed by atoms with van der Waals surface area (Å²) in [4.78, 5) is 30.1. The number of carbonyl (C=O) groups excluding carboxylic acids is 1. The Bertz CT molecular complexity index is 1410. The zero-order valence-electron chi connectivity index (χ0n) is 19.4. The van der Waals surface area contributed by atoms with Gasteiger partial charge in [0, 0.05) is 29.4 Å². The van der Waals surface area contributed by atoms with Crippen LogP contribution in [0, 0.1) is 20.8 Å². The van der Waals surface area contributed by atoms with E-state index in [-0.39, 0.29) is 17.4 Å². The molecule has 33 heavy (non-hydrogen) atoms. The zero-order chi connectivity index (χ0) is 23.7. The number of carbonyl (C=O) groups is 1. The van der Waals surface area contributed by atoms with Crippen molar-refractivity contribution in [1.82, 2.24) is 10.3 Å². The number of amides is 1. The highest BCUT2D eigenvalue weighted by molar-refractivity contribution is 5.97. The maximum absolute atomic E-state index is 13.3. The van der Waals surface area contributed by atoms with Crippen LogP contribution in [0.15, 0.2) is 63.8 Å². The van der Waals surface area contributed by atoms with Gasteiger partial charge in [0.25, 0.3) is 5.91 Å². The van der Waals surface area contributed by atoms with Crippen molar-refractivity contribution in [1.29, 1.82) is 0 Å². The molecule has 2 aromatic carbocycles. The molecule has 1 atom stereocenters. The fraction of sp³-hybridized carbons (Fsp3) is 0.222. The summed E-state index contributed by atoms with van der Waals surface area (Å²) in [7, 11) is 1.58. The van der Waals surface area contributed by atoms with Crippen LogP contribution in [-0.2, 0) is 0 Å². The van der Waals surface area contributed by atoms with Gasteiger partial charge in [0.1, 0.15) is 11.3 Å². The van der Waals surface area contributed by atoms with Crippen molar-refractivity contribution in [3.05, 3.63) is 92.9 Å². The van der Waals surface area contributed by atoms with Crippen molar-refractivity contribution >= 4 is 22.6 Å². The van der Waals surface area contributed by atoms with E-state index < -0.39 is 0 Å². The molecule has 0 fully saturated rings. The number of rotatable bonds is 5. The number of anilines is 1. The van der Waals surface area contributed by atoms with Gasteiger partial charge in [0.05, 0.1) is 17.1 Å². The summed E-state index contributed by atoms with van der Waals surface area (Å²) in [6.45, 7) is 7.57. The van der Waals surface area contributed by atoms with Gasteiger partial charge in [-0.15, -0.1) is 0 Å². The number of nitrogens with zero attached hydrogens (tertiary/aromatic N) is 1. The Kier molecular flexibility index (Phi) is 6.01. The number of fused-ring (bicyclic) bond motifs is 1. The normalized spacial score (nSPS) is 11.9. The van der Waals surface area contributed by atoms with Gasteiger partial charge < -0.3 is 15.1 Å². The maximum Gasteiger partial charge on any atom is 0.271 e. The highest BCUT2D eigenvalue weighted by atomic mass is 16.3. The molecule has 0 aliphatic carbocycles. The summed E-state index contributed by atoms with van der Waals surface area (Å²) in [6.07, 6.45) is 0. The molecule has 2 aromatic heterocycles. The monoisotopic (exact) mass is 441 g/mol. The van der Waals surface area contributed by atoms with E-state index in [1.807, 2.05) is 75.4 Å². The third-order valence-electron chi connectivity index (χ3n) is 5.74. The second-order valence-electron chi connectivity index (χ2n) is 8.28. The lowest BCUT2D eigenvalue weighted by Crippen LogP contribution is -2.22. The first-order chi connectivity index (χ1) is 15.8. The van der Waals surface area contributed by atoms with Crippen molar-refractivity contribution in [3.8, 4) is 11.3 Å². The SMILES string of the molecule is CNC(=O)c1nc(C)ccc1NC(C)c1cc(C)cc2c(=O)c(C)c(-c3ccccc3)oc12. The molecule has 0 radical (unpaired) electrons. The lowest BCUT2D eigenvalue weighted by molar-refractivity contribution is 0.0959. The molecule has 1 amide bonds. The number of pyridine rings is 1. The number of hydrogen-bond acceptors (Lipinski definition) is 5. The molecule has 4 aromatic rings. The molecule has 0 aliphatic heterocycles. The minimum atomic E-state index is -0.268. The first-order valence-corrected chi connectivity index (χ1v) is 10.9. The standard InChI is InChI=1S/C27H27N3O3/c1-15-13-20(18(4)30-22-12-11-16(2)29-23(22)27(32)28-5)26-21(14-15)24(31)17(3)25(33-26)19-9-7-6-8-10-19/h6-14,18,30H,1-5H3,(H,28,32). The molecule has 1 unspecified atom stereocenters. The van der Waals surface area contributed by atoms with Crippen molar-refractivity contribution in [2.75, 3.05) is 12.4 Å². The average molecular weight is 442 g/mol. The minimum absolute atomic E-state index is 0.0460. The lowest BCUT2D eigenvalue weighted by atomic mass is 9.98. The molecule has 0 saturated carbocycles. The first-order valence-electron chi connectivity index (χ1n) is 10.9. The minimum Gasteiger partial charge on any atom is -0.455 e. The molecule has 6 heteroatoms. The highest BCUT2D eigenvalue weighted by Gasteiger charge is 2.20. The van der Waals surface area contributed by atoms with Crippen molar-refractivity contribution in [2.24, 2.45) is 0 Å². The summed E-state index contributed by atoms with van der Waals surface area (Å²) < 4.78 is 6.39. The van der Waals surface area contributed by atoms with E-state index in [0.29, 0.717) is 33.7 Å². The van der Waals surface area contributed by atoms with Crippen molar-refractivity contribution < 1.29 is 9.21 Å². The third-order valence-corrected chi connectivity index (χ3v) is 5.74. The number of hydrogen-bond donors (Lipinski definition) is 2. The topological polar surface area (TPSA) is 84.2 Å². The van der Waals surface area contributed by atoms with Crippen molar-refractivity contribution in [3.63, 3.8) is 0 Å². The summed E-state index contributed by atoms with van der Waals surface area (Å²) in [5.41, 5.74) is 5.40. The van der Waals surface area contributed by atoms with E-state index in [4.69, 9.17) is 4.42 Å². The van der Waals surface area contributed by atoms with Crippen LogP contribution in [0.2, 0.25) is 0 Å². The number of aromatic nitrogens is 1. The molecule has 0 aliphatic rings. The predicted octanol–water partition coefficient (Wildman–Crippen LogP) is 5.31. The number of benzene rings is 2. The highest BCUT2D eigenvalue weighted by Crippen LogP contribution is 2.32. The Morgan fingerprint density at radius 1 is 1.03 bits per heavy atom. The summed E-state index contributed by atoms with van der Waals surface area (Å²) in [6, 6.07) is 16.9. The smallest absolute Gasteiger partial charge is 0.271 e. The molecule has 0 spiro atoms. The quantitative estimate of drug-likeness (QED) is 0.438. The Morgan fingerprint density at radius 3 is 2.45 bits per heavy atom. The van der Waals surface area contributed by atoms with Crippen LogP contribution in [0.1, 0.15) is 45.8 Å². The molecule has 2 N–H and O–H groups in total. The predicted molar refractivity (Wildman–Crippen MR) is 132 cm³/mol. The number of nitrogens with one attached hydrogen (secondary N) is 2. The Morgan fingerprint density at radius 2 is 1.76 bits per heavy atom. The molecular formula is C27H27N3O3. The molecule has 168 valence electrons. The van der Waals surface area contributed by atoms with Gasteiger partial charge >= 0.3 is 0 Å². The van der Waals surface area contributed by atoms with E-state index in [9.17, 15) is 9.59 Å². The summed E-state index contributed by atoms with van der Waals surface area (Å²) in [5, 5.41) is 6.58. The first kappa shape index (κ1) is 22.3. The van der Waals surface area contributed by atoms with E-state index in [1.54, 1.807) is 14.0 Å². The fourth-order valence-corrected chi connectivity index (χ4v) is 4.03. The largest absolute Gasteiger partial charge is 0.455 e. The Labute approximate surface area is 192 Å². The van der Waals surface area contributed by atoms with Gasteiger partial charge in [0.2, 0.25) is 0 Å². The molecule has 0 saturated heterocycles. The van der Waals surface area contributed by atoms with E-state index in [2.05, 4.69) is 15.6 Å². The third kappa shape index (κ3) is 4.24. The van der Waals surface area contributed by atoms with Crippen LogP contribution < -0.4 is 16.1 Å². The average Bonchev–Trinajstić information content (AvgIpc) is 2.82. The molecule has 0 bridgehead atoms.